The van der Waals surface area contributed by atoms with Gasteiger partial charge in [-0.15, -0.1) is 0 Å². The second-order valence-corrected chi connectivity index (χ2v) is 18.8. The number of rotatable bonds is 7. The molecule has 0 spiro atoms. The van der Waals surface area contributed by atoms with E-state index in [9.17, 15) is 0 Å². The molecular formula is C65H44N6O. The Labute approximate surface area is 415 Å². The summed E-state index contributed by atoms with van der Waals surface area (Å²) in [6.07, 6.45) is 3.88. The van der Waals surface area contributed by atoms with Gasteiger partial charge in [-0.1, -0.05) is 158 Å². The van der Waals surface area contributed by atoms with Crippen molar-refractivity contribution in [3.63, 3.8) is 0 Å². The number of aromatic nitrogens is 4. The number of fused-ring (bicyclic) bond motifs is 13. The van der Waals surface area contributed by atoms with Gasteiger partial charge in [-0.3, -0.25) is 4.57 Å². The van der Waals surface area contributed by atoms with E-state index in [-0.39, 0.29) is 0 Å². The number of benzene rings is 10. The van der Waals surface area contributed by atoms with Crippen LogP contribution in [0.1, 0.15) is 0 Å². The first-order valence-corrected chi connectivity index (χ1v) is 24.5. The topological polar surface area (TPSA) is 43.4 Å². The van der Waals surface area contributed by atoms with Crippen molar-refractivity contribution in [2.45, 2.75) is 0 Å². The number of ether oxygens (including phenoxy) is 1. The van der Waals surface area contributed by atoms with Crippen molar-refractivity contribution in [3.05, 3.63) is 237 Å². The molecule has 5 heterocycles. The van der Waals surface area contributed by atoms with Crippen LogP contribution in [0.15, 0.2) is 237 Å². The van der Waals surface area contributed by atoms with Crippen LogP contribution < -0.4 is 14.5 Å². The zero-order chi connectivity index (χ0) is 47.4. The van der Waals surface area contributed by atoms with Gasteiger partial charge < -0.3 is 23.7 Å². The van der Waals surface area contributed by atoms with Crippen molar-refractivity contribution in [2.75, 3.05) is 16.5 Å². The third-order valence-corrected chi connectivity index (χ3v) is 14.9. The Morgan fingerprint density at radius 3 is 1.85 bits per heavy atom. The Hall–Kier alpha value is -9.59. The fourth-order valence-electron chi connectivity index (χ4n) is 11.8. The van der Waals surface area contributed by atoms with Crippen molar-refractivity contribution in [3.8, 4) is 67.6 Å². The Balaban J connectivity index is 0.864. The lowest BCUT2D eigenvalue weighted by Crippen LogP contribution is -2.24. The summed E-state index contributed by atoms with van der Waals surface area (Å²) in [7, 11) is 2.06. The Morgan fingerprint density at radius 1 is 0.431 bits per heavy atom. The summed E-state index contributed by atoms with van der Waals surface area (Å²) in [5.74, 6) is 2.32. The molecule has 0 atom stereocenters. The van der Waals surface area contributed by atoms with Crippen LogP contribution in [0.3, 0.4) is 0 Å². The first-order chi connectivity index (χ1) is 35.7. The molecule has 2 aliphatic rings. The monoisotopic (exact) mass is 924 g/mol. The molecule has 0 amide bonds. The van der Waals surface area contributed by atoms with Crippen LogP contribution >= 0.6 is 0 Å². The zero-order valence-electron chi connectivity index (χ0n) is 39.3. The van der Waals surface area contributed by atoms with E-state index in [2.05, 4.69) is 255 Å². The molecule has 340 valence electrons. The van der Waals surface area contributed by atoms with Gasteiger partial charge in [0.25, 0.3) is 0 Å². The minimum Gasteiger partial charge on any atom is -0.457 e. The highest BCUT2D eigenvalue weighted by molar-refractivity contribution is 6.23. The highest BCUT2D eigenvalue weighted by Gasteiger charge is 2.32. The summed E-state index contributed by atoms with van der Waals surface area (Å²) in [5, 5.41) is 4.80. The highest BCUT2D eigenvalue weighted by atomic mass is 16.5. The van der Waals surface area contributed by atoms with Crippen LogP contribution in [0.25, 0.3) is 99.8 Å². The predicted octanol–water partition coefficient (Wildman–Crippen LogP) is 16.6. The highest BCUT2D eigenvalue weighted by Crippen LogP contribution is 2.53. The van der Waals surface area contributed by atoms with E-state index in [1.807, 2.05) is 12.4 Å². The maximum Gasteiger partial charge on any atom is 0.214 e. The van der Waals surface area contributed by atoms with Gasteiger partial charge in [-0.25, -0.2) is 4.98 Å². The summed E-state index contributed by atoms with van der Waals surface area (Å²) < 4.78 is 13.8. The molecule has 15 rings (SSSR count). The maximum atomic E-state index is 6.96. The summed E-state index contributed by atoms with van der Waals surface area (Å²) >= 11 is 0. The Bertz CT molecular complexity index is 4260. The number of imidazole rings is 1. The van der Waals surface area contributed by atoms with Crippen LogP contribution in [0.4, 0.5) is 22.7 Å². The number of nitrogens with zero attached hydrogens (tertiary/aromatic N) is 6. The lowest BCUT2D eigenvalue weighted by molar-refractivity contribution is 0.483. The lowest BCUT2D eigenvalue weighted by Gasteiger charge is -2.27. The van der Waals surface area contributed by atoms with Crippen molar-refractivity contribution < 1.29 is 4.74 Å². The molecule has 7 nitrogen and oxygen atoms in total. The van der Waals surface area contributed by atoms with Crippen LogP contribution in [0, 0.1) is 0 Å². The fourth-order valence-corrected chi connectivity index (χ4v) is 11.8. The normalized spacial score (nSPS) is 12.7. The standard InChI is InChI=1S/C65H44N6O/c1-67-38-37-66-65(67)71-59-36-35-58-61(51-25-9-8-23-49(51)52-28-16-29-53-50-24-10-11-30-55(50)70(58)64(52)53)62(59)54-34-33-46(40-60(54)71)72-45-22-14-21-44(39-45)68-41-69(57-32-13-12-31-56(57)68)63-47(42-17-4-2-5-18-42)26-15-27-48(63)43-19-6-3-7-20-43/h2-40H,41H2,1H3. The average Bonchev–Trinajstić information content (AvgIpc) is 4.20. The van der Waals surface area contributed by atoms with E-state index in [1.54, 1.807) is 0 Å². The van der Waals surface area contributed by atoms with Gasteiger partial charge in [-0.05, 0) is 76.9 Å². The van der Waals surface area contributed by atoms with E-state index in [4.69, 9.17) is 9.72 Å². The quantitative estimate of drug-likeness (QED) is 0.160. The van der Waals surface area contributed by atoms with Crippen molar-refractivity contribution in [1.29, 1.82) is 0 Å². The maximum absolute atomic E-state index is 6.96. The van der Waals surface area contributed by atoms with Gasteiger partial charge >= 0.3 is 0 Å². The lowest BCUT2D eigenvalue weighted by atomic mass is 9.91. The second kappa shape index (κ2) is 15.7. The smallest absolute Gasteiger partial charge is 0.214 e. The van der Waals surface area contributed by atoms with Crippen molar-refractivity contribution >= 4 is 66.4 Å². The summed E-state index contributed by atoms with van der Waals surface area (Å²) in [6, 6.07) is 80.9. The molecule has 13 aromatic rings. The fraction of sp³-hybridized carbons (Fsp3) is 0.0308. The van der Waals surface area contributed by atoms with Gasteiger partial charge in [0.15, 0.2) is 0 Å². The first-order valence-electron chi connectivity index (χ1n) is 24.5. The van der Waals surface area contributed by atoms with E-state index >= 15 is 0 Å². The molecular weight excluding hydrogens is 881 g/mol. The first kappa shape index (κ1) is 40.3. The molecule has 7 heteroatoms. The van der Waals surface area contributed by atoms with Gasteiger partial charge in [0, 0.05) is 81.1 Å². The number of para-hydroxylation sites is 5. The van der Waals surface area contributed by atoms with Gasteiger partial charge in [0.1, 0.15) is 18.2 Å². The minimum absolute atomic E-state index is 0.616. The predicted molar refractivity (Wildman–Crippen MR) is 296 cm³/mol. The third kappa shape index (κ3) is 5.94. The van der Waals surface area contributed by atoms with Gasteiger partial charge in [0.05, 0.1) is 44.8 Å². The Morgan fingerprint density at radius 2 is 1.07 bits per heavy atom. The van der Waals surface area contributed by atoms with Crippen LogP contribution in [0.2, 0.25) is 0 Å². The van der Waals surface area contributed by atoms with E-state index < -0.39 is 0 Å². The molecule has 0 saturated heterocycles. The average molecular weight is 925 g/mol. The second-order valence-electron chi connectivity index (χ2n) is 18.8. The molecule has 3 aromatic heterocycles. The Kier molecular flexibility index (Phi) is 8.80. The summed E-state index contributed by atoms with van der Waals surface area (Å²) in [6.45, 7) is 0.616. The molecule has 10 aromatic carbocycles. The molecule has 0 fully saturated rings. The summed E-state index contributed by atoms with van der Waals surface area (Å²) in [5.41, 5.74) is 19.7. The summed E-state index contributed by atoms with van der Waals surface area (Å²) in [4.78, 5) is 9.82. The van der Waals surface area contributed by atoms with Gasteiger partial charge in [0.2, 0.25) is 5.95 Å². The molecule has 0 unspecified atom stereocenters. The van der Waals surface area contributed by atoms with Crippen molar-refractivity contribution in [1.82, 2.24) is 18.7 Å². The number of hydrogen-bond donors (Lipinski definition) is 0. The molecule has 0 aliphatic carbocycles. The molecule has 0 saturated carbocycles. The molecule has 72 heavy (non-hydrogen) atoms. The van der Waals surface area contributed by atoms with Crippen LogP contribution in [-0.2, 0) is 7.05 Å². The van der Waals surface area contributed by atoms with Crippen LogP contribution in [0.5, 0.6) is 11.5 Å². The van der Waals surface area contributed by atoms with E-state index in [0.717, 1.165) is 56.6 Å². The van der Waals surface area contributed by atoms with Crippen molar-refractivity contribution in [2.24, 2.45) is 7.05 Å². The third-order valence-electron chi connectivity index (χ3n) is 14.9. The number of aryl methyl sites for hydroxylation is 1. The molecule has 0 bridgehead atoms. The number of anilines is 4. The number of hydrogen-bond acceptors (Lipinski definition) is 4. The molecule has 0 N–H and O–H groups in total. The SMILES string of the molecule is Cn1ccnc1-n1c2cc(Oc3cccc(N4CN(c5c(-c6ccccc6)cccc5-c5ccccc5)c5ccccc54)c3)ccc2c2c3c(ccc21)-n1c2ccccc2c2cccc(c21)-c1ccccc1-3. The largest absolute Gasteiger partial charge is 0.457 e. The van der Waals surface area contributed by atoms with E-state index in [0.29, 0.717) is 6.67 Å². The minimum atomic E-state index is 0.616. The molecule has 0 radical (unpaired) electrons. The zero-order valence-corrected chi connectivity index (χ0v) is 39.3. The van der Waals surface area contributed by atoms with Crippen LogP contribution in [-0.4, -0.2) is 25.4 Å². The van der Waals surface area contributed by atoms with E-state index in [1.165, 1.54) is 77.4 Å². The van der Waals surface area contributed by atoms with Gasteiger partial charge in [-0.2, -0.15) is 0 Å². The molecule has 2 aliphatic heterocycles.